The van der Waals surface area contributed by atoms with Crippen molar-refractivity contribution in [3.05, 3.63) is 54.4 Å². The fourth-order valence-corrected chi connectivity index (χ4v) is 4.16. The molecule has 0 aliphatic heterocycles. The van der Waals surface area contributed by atoms with Gasteiger partial charge < -0.3 is 14.7 Å². The van der Waals surface area contributed by atoms with Gasteiger partial charge in [-0.15, -0.1) is 0 Å². The van der Waals surface area contributed by atoms with Gasteiger partial charge in [-0.2, -0.15) is 23.4 Å². The Morgan fingerprint density at radius 3 is 2.09 bits per heavy atom. The lowest BCUT2D eigenvalue weighted by Crippen LogP contribution is -2.28. The molecule has 0 bridgehead atoms. The number of aromatic amines is 2. The Labute approximate surface area is 183 Å². The molecule has 2 aromatic carbocycles. The zero-order chi connectivity index (χ0) is 22.9. The van der Waals surface area contributed by atoms with Gasteiger partial charge in [0.1, 0.15) is 22.7 Å². The maximum Gasteiger partial charge on any atom is 0.418 e. The van der Waals surface area contributed by atoms with E-state index in [9.17, 15) is 13.2 Å². The van der Waals surface area contributed by atoms with Crippen LogP contribution < -0.4 is 15.6 Å². The molecule has 0 aliphatic rings. The van der Waals surface area contributed by atoms with Crippen LogP contribution in [-0.4, -0.2) is 35.8 Å². The largest absolute Gasteiger partial charge is 0.492 e. The van der Waals surface area contributed by atoms with E-state index in [2.05, 4.69) is 20.2 Å². The maximum atomic E-state index is 14.1. The van der Waals surface area contributed by atoms with Crippen LogP contribution in [0.1, 0.15) is 12.5 Å². The van der Waals surface area contributed by atoms with Gasteiger partial charge in [0.2, 0.25) is 0 Å². The van der Waals surface area contributed by atoms with Gasteiger partial charge in [-0.3, -0.25) is 5.01 Å². The topological polar surface area (TPSA) is 105 Å². The second-order valence-electron chi connectivity index (χ2n) is 7.53. The van der Waals surface area contributed by atoms with Crippen LogP contribution in [0.4, 0.5) is 24.5 Å². The summed E-state index contributed by atoms with van der Waals surface area (Å²) >= 11 is 0. The molecule has 168 valence electrons. The molecule has 4 heterocycles. The molecule has 9 nitrogen and oxygen atoms in total. The second kappa shape index (κ2) is 6.65. The van der Waals surface area contributed by atoms with Crippen LogP contribution in [0.15, 0.2) is 48.8 Å². The number of H-pyrrole nitrogens is 2. The van der Waals surface area contributed by atoms with E-state index in [0.29, 0.717) is 40.1 Å². The number of nitrogens with zero attached hydrogens (tertiary/aromatic N) is 5. The van der Waals surface area contributed by atoms with Crippen LogP contribution in [0.2, 0.25) is 0 Å². The van der Waals surface area contributed by atoms with Crippen molar-refractivity contribution in [2.45, 2.75) is 13.1 Å². The molecule has 33 heavy (non-hydrogen) atoms. The van der Waals surface area contributed by atoms with Crippen LogP contribution in [0, 0.1) is 0 Å². The van der Waals surface area contributed by atoms with Crippen LogP contribution in [-0.2, 0) is 6.18 Å². The zero-order valence-electron chi connectivity index (χ0n) is 17.2. The number of nitrogens with two attached hydrogens (primary N) is 1. The van der Waals surface area contributed by atoms with Crippen molar-refractivity contribution in [3.8, 4) is 5.75 Å². The summed E-state index contributed by atoms with van der Waals surface area (Å²) in [6, 6.07) is 9.24. The molecule has 0 saturated carbocycles. The summed E-state index contributed by atoms with van der Waals surface area (Å²) in [5.74, 6) is 6.71. The number of hydrazine groups is 1. The number of halogens is 3. The highest BCUT2D eigenvalue weighted by atomic mass is 19.4. The molecule has 0 aliphatic carbocycles. The van der Waals surface area contributed by atoms with Crippen molar-refractivity contribution in [1.82, 2.24) is 29.2 Å². The standard InChI is InChI=1S/C21H17F3N8O/c1-2-33-18-8-13-16(32-20(29-13)4-6-27-32)10-17(18)30(25)14-9-15-12(7-11(14)21(22,23)24)28-19-3-5-26-31(15)19/h3-10,28-29H,2,25H2,1H3. The van der Waals surface area contributed by atoms with Crippen molar-refractivity contribution in [1.29, 1.82) is 0 Å². The molecule has 12 heteroatoms. The molecule has 0 atom stereocenters. The molecule has 6 rings (SSSR count). The number of hydrogen-bond acceptors (Lipinski definition) is 5. The smallest absolute Gasteiger partial charge is 0.418 e. The van der Waals surface area contributed by atoms with Gasteiger partial charge in [0, 0.05) is 18.2 Å². The number of anilines is 2. The number of rotatable bonds is 4. The third kappa shape index (κ3) is 2.84. The van der Waals surface area contributed by atoms with Crippen LogP contribution in [0.3, 0.4) is 0 Å². The highest BCUT2D eigenvalue weighted by molar-refractivity contribution is 5.91. The summed E-state index contributed by atoms with van der Waals surface area (Å²) in [7, 11) is 0. The minimum Gasteiger partial charge on any atom is -0.492 e. The monoisotopic (exact) mass is 454 g/mol. The highest BCUT2D eigenvalue weighted by Crippen LogP contribution is 2.43. The Bertz CT molecular complexity index is 1650. The summed E-state index contributed by atoms with van der Waals surface area (Å²) in [6.45, 7) is 2.10. The van der Waals surface area contributed by atoms with Crippen molar-refractivity contribution in [2.24, 2.45) is 5.84 Å². The first-order valence-electron chi connectivity index (χ1n) is 10.1. The van der Waals surface area contributed by atoms with E-state index in [-0.39, 0.29) is 11.4 Å². The molecule has 6 aromatic rings. The normalized spacial score (nSPS) is 12.5. The highest BCUT2D eigenvalue weighted by Gasteiger charge is 2.36. The minimum atomic E-state index is -4.65. The lowest BCUT2D eigenvalue weighted by atomic mass is 10.1. The molecule has 0 fully saturated rings. The van der Waals surface area contributed by atoms with E-state index in [1.165, 1.54) is 10.6 Å². The molecule has 0 saturated heterocycles. The minimum absolute atomic E-state index is 0.237. The first-order chi connectivity index (χ1) is 15.8. The number of aromatic nitrogens is 6. The number of ether oxygens (including phenoxy) is 1. The predicted molar refractivity (Wildman–Crippen MR) is 117 cm³/mol. The SMILES string of the molecule is CCOc1cc2[nH]c3ccnn3c2cc1N(N)c1cc2c(cc1C(F)(F)F)[nH]c1ccnn12. The fourth-order valence-electron chi connectivity index (χ4n) is 4.16. The lowest BCUT2D eigenvalue weighted by molar-refractivity contribution is -0.137. The number of hydrogen-bond donors (Lipinski definition) is 3. The Hall–Kier alpha value is -4.19. The van der Waals surface area contributed by atoms with Crippen molar-refractivity contribution in [2.75, 3.05) is 11.6 Å². The number of nitrogens with one attached hydrogen (secondary N) is 2. The molecule has 0 amide bonds. The third-order valence-corrected chi connectivity index (χ3v) is 5.58. The summed E-state index contributed by atoms with van der Waals surface area (Å²) in [5.41, 5.74) is 2.57. The zero-order valence-corrected chi connectivity index (χ0v) is 17.2. The van der Waals surface area contributed by atoms with Gasteiger partial charge in [-0.25, -0.2) is 14.9 Å². The number of alkyl halides is 3. The average molecular weight is 454 g/mol. The summed E-state index contributed by atoms with van der Waals surface area (Å²) < 4.78 is 51.2. The lowest BCUT2D eigenvalue weighted by Gasteiger charge is -2.25. The van der Waals surface area contributed by atoms with E-state index in [0.717, 1.165) is 16.7 Å². The first-order valence-corrected chi connectivity index (χ1v) is 10.1. The summed E-state index contributed by atoms with van der Waals surface area (Å²) in [4.78, 5) is 6.15. The molecular weight excluding hydrogens is 437 g/mol. The van der Waals surface area contributed by atoms with E-state index in [4.69, 9.17) is 10.6 Å². The fraction of sp³-hybridized carbons (Fsp3) is 0.143. The Kier molecular flexibility index (Phi) is 3.93. The predicted octanol–water partition coefficient (Wildman–Crippen LogP) is 4.37. The molecule has 0 radical (unpaired) electrons. The van der Waals surface area contributed by atoms with Gasteiger partial charge in [-0.1, -0.05) is 0 Å². The maximum absolute atomic E-state index is 14.1. The molecule has 4 aromatic heterocycles. The van der Waals surface area contributed by atoms with Gasteiger partial charge in [0.05, 0.1) is 52.3 Å². The van der Waals surface area contributed by atoms with Gasteiger partial charge in [-0.05, 0) is 25.1 Å². The molecular formula is C21H17F3N8O. The van der Waals surface area contributed by atoms with Crippen LogP contribution in [0.5, 0.6) is 5.75 Å². The quantitative estimate of drug-likeness (QED) is 0.271. The summed E-state index contributed by atoms with van der Waals surface area (Å²) in [5, 5.41) is 9.45. The van der Waals surface area contributed by atoms with Crippen molar-refractivity contribution < 1.29 is 17.9 Å². The second-order valence-corrected chi connectivity index (χ2v) is 7.53. The Morgan fingerprint density at radius 1 is 0.939 bits per heavy atom. The van der Waals surface area contributed by atoms with Gasteiger partial charge >= 0.3 is 6.18 Å². The number of imidazole rings is 2. The van der Waals surface area contributed by atoms with E-state index < -0.39 is 11.7 Å². The van der Waals surface area contributed by atoms with Crippen LogP contribution >= 0.6 is 0 Å². The molecule has 4 N–H and O–H groups in total. The first kappa shape index (κ1) is 19.5. The van der Waals surface area contributed by atoms with Crippen LogP contribution in [0.25, 0.3) is 33.4 Å². The van der Waals surface area contributed by atoms with Crippen molar-refractivity contribution >= 4 is 44.7 Å². The molecule has 0 unspecified atom stereocenters. The van der Waals surface area contributed by atoms with E-state index in [1.807, 2.05) is 0 Å². The van der Waals surface area contributed by atoms with Gasteiger partial charge in [0.25, 0.3) is 0 Å². The Morgan fingerprint density at radius 2 is 1.52 bits per heavy atom. The van der Waals surface area contributed by atoms with E-state index in [1.54, 1.807) is 48.1 Å². The van der Waals surface area contributed by atoms with E-state index >= 15 is 0 Å². The van der Waals surface area contributed by atoms with Crippen molar-refractivity contribution in [3.63, 3.8) is 0 Å². The Balaban J connectivity index is 1.62. The number of fused-ring (bicyclic) bond motifs is 6. The number of benzene rings is 2. The molecule has 0 spiro atoms. The summed E-state index contributed by atoms with van der Waals surface area (Å²) in [6.07, 6.45) is -1.46. The third-order valence-electron chi connectivity index (χ3n) is 5.58. The average Bonchev–Trinajstić information content (AvgIpc) is 3.52. The van der Waals surface area contributed by atoms with Gasteiger partial charge in [0.15, 0.2) is 0 Å².